The molecule has 0 saturated carbocycles. The van der Waals surface area contributed by atoms with Crippen molar-refractivity contribution in [3.63, 3.8) is 0 Å². The molecule has 0 aliphatic heterocycles. The first-order chi connectivity index (χ1) is 14.4. The first-order valence-electron chi connectivity index (χ1n) is 9.32. The molecular weight excluding hydrogens is 466 g/mol. The van der Waals surface area contributed by atoms with E-state index in [1.54, 1.807) is 18.2 Å². The van der Waals surface area contributed by atoms with Crippen molar-refractivity contribution >= 4 is 61.0 Å². The molecule has 0 fully saturated rings. The van der Waals surface area contributed by atoms with Crippen LogP contribution in [0.4, 0.5) is 0 Å². The number of carbonyl (C=O) groups excluding carboxylic acids is 1. The molecule has 0 unspecified atom stereocenters. The van der Waals surface area contributed by atoms with Crippen molar-refractivity contribution in [1.29, 1.82) is 0 Å². The van der Waals surface area contributed by atoms with Gasteiger partial charge in [-0.2, -0.15) is 0 Å². The highest BCUT2D eigenvalue weighted by Gasteiger charge is 2.24. The summed E-state index contributed by atoms with van der Waals surface area (Å²) in [5.41, 5.74) is 1.18. The van der Waals surface area contributed by atoms with Crippen LogP contribution in [-0.2, 0) is 11.2 Å². The molecule has 0 aromatic heterocycles. The topological polar surface area (TPSA) is 66.4 Å². The minimum atomic E-state index is -1.11. The number of benzene rings is 4. The first kappa shape index (κ1) is 20.4. The summed E-state index contributed by atoms with van der Waals surface area (Å²) in [6, 6.07) is 21.3. The first-order valence-corrected chi connectivity index (χ1v) is 10.5. The Kier molecular flexibility index (Phi) is 5.75. The molecule has 150 valence electrons. The molecule has 4 aromatic carbocycles. The van der Waals surface area contributed by atoms with Crippen molar-refractivity contribution in [2.24, 2.45) is 0 Å². The van der Waals surface area contributed by atoms with Crippen molar-refractivity contribution in [1.82, 2.24) is 5.32 Å². The number of carboxylic acids is 1. The quantitative estimate of drug-likeness (QED) is 0.352. The van der Waals surface area contributed by atoms with Crippen LogP contribution in [0.5, 0.6) is 0 Å². The molecular formula is C24H17BrClNO3. The second kappa shape index (κ2) is 8.46. The number of hydrogen-bond donors (Lipinski definition) is 2. The maximum atomic E-state index is 13.3. The van der Waals surface area contributed by atoms with Crippen LogP contribution in [0.2, 0.25) is 5.02 Å². The number of carbonyl (C=O) groups is 2. The number of fused-ring (bicyclic) bond motifs is 2. The summed E-state index contributed by atoms with van der Waals surface area (Å²) in [7, 11) is 0. The van der Waals surface area contributed by atoms with E-state index < -0.39 is 17.9 Å². The van der Waals surface area contributed by atoms with E-state index in [2.05, 4.69) is 21.2 Å². The van der Waals surface area contributed by atoms with E-state index in [-0.39, 0.29) is 6.42 Å². The number of aliphatic carboxylic acids is 1. The van der Waals surface area contributed by atoms with Crippen molar-refractivity contribution in [2.75, 3.05) is 0 Å². The Morgan fingerprint density at radius 3 is 2.13 bits per heavy atom. The van der Waals surface area contributed by atoms with Crippen LogP contribution < -0.4 is 5.32 Å². The predicted molar refractivity (Wildman–Crippen MR) is 123 cm³/mol. The number of amides is 1. The van der Waals surface area contributed by atoms with Crippen LogP contribution in [-0.4, -0.2) is 23.0 Å². The van der Waals surface area contributed by atoms with Crippen molar-refractivity contribution < 1.29 is 14.7 Å². The Morgan fingerprint density at radius 2 is 1.53 bits per heavy atom. The molecule has 1 amide bonds. The van der Waals surface area contributed by atoms with Gasteiger partial charge in [0.1, 0.15) is 6.04 Å². The van der Waals surface area contributed by atoms with Crippen LogP contribution in [0.3, 0.4) is 0 Å². The van der Waals surface area contributed by atoms with Gasteiger partial charge in [-0.05, 0) is 51.4 Å². The molecule has 4 aromatic rings. The Labute approximate surface area is 186 Å². The highest BCUT2D eigenvalue weighted by atomic mass is 79.9. The fraction of sp³-hybridized carbons (Fsp3) is 0.0833. The molecule has 0 saturated heterocycles. The molecule has 0 aliphatic carbocycles. The lowest BCUT2D eigenvalue weighted by Gasteiger charge is -2.18. The summed E-state index contributed by atoms with van der Waals surface area (Å²) in [5, 5.41) is 16.4. The van der Waals surface area contributed by atoms with E-state index in [1.165, 1.54) is 0 Å². The monoisotopic (exact) mass is 481 g/mol. The number of hydrogen-bond acceptors (Lipinski definition) is 2. The van der Waals surface area contributed by atoms with Gasteiger partial charge in [-0.1, -0.05) is 76.1 Å². The average molecular weight is 483 g/mol. The minimum absolute atomic E-state index is 0.102. The Hall–Kier alpha value is -2.89. The minimum Gasteiger partial charge on any atom is -0.480 e. The van der Waals surface area contributed by atoms with Crippen LogP contribution in [0.15, 0.2) is 77.3 Å². The predicted octanol–water partition coefficient (Wildman–Crippen LogP) is 5.83. The number of carboxylic acid groups (broad SMARTS) is 1. The molecule has 30 heavy (non-hydrogen) atoms. The second-order valence-corrected chi connectivity index (χ2v) is 8.29. The second-order valence-electron chi connectivity index (χ2n) is 7.00. The van der Waals surface area contributed by atoms with Gasteiger partial charge in [0.25, 0.3) is 5.91 Å². The maximum absolute atomic E-state index is 13.3. The zero-order valence-corrected chi connectivity index (χ0v) is 18.1. The van der Waals surface area contributed by atoms with Gasteiger partial charge in [0, 0.05) is 15.9 Å². The van der Waals surface area contributed by atoms with Crippen molar-refractivity contribution in [3.8, 4) is 0 Å². The largest absolute Gasteiger partial charge is 0.480 e. The Bertz CT molecular complexity index is 1230. The highest BCUT2D eigenvalue weighted by Crippen LogP contribution is 2.29. The van der Waals surface area contributed by atoms with Crippen molar-refractivity contribution in [3.05, 3.63) is 93.4 Å². The summed E-state index contributed by atoms with van der Waals surface area (Å²) < 4.78 is 0.739. The molecule has 0 spiro atoms. The molecule has 4 rings (SSSR count). The highest BCUT2D eigenvalue weighted by molar-refractivity contribution is 9.10. The van der Waals surface area contributed by atoms with Gasteiger partial charge in [0.15, 0.2) is 0 Å². The molecule has 0 heterocycles. The standard InChI is InChI=1S/C24H17BrClNO3/c25-20-10-9-17(26)12-16(20)13-21(24(29)30)27-23(28)22-18-7-3-1-5-14(18)11-15-6-2-4-8-19(15)22/h1-12,21H,13H2,(H,27,28)(H,29,30)/t21-/m1/s1. The van der Waals surface area contributed by atoms with E-state index in [9.17, 15) is 14.7 Å². The van der Waals surface area contributed by atoms with Gasteiger partial charge in [0.05, 0.1) is 5.56 Å². The molecule has 6 heteroatoms. The van der Waals surface area contributed by atoms with Gasteiger partial charge >= 0.3 is 5.97 Å². The van der Waals surface area contributed by atoms with E-state index in [0.717, 1.165) is 26.0 Å². The number of nitrogens with one attached hydrogen (secondary N) is 1. The Morgan fingerprint density at radius 1 is 0.933 bits per heavy atom. The summed E-state index contributed by atoms with van der Waals surface area (Å²) >= 11 is 9.48. The summed E-state index contributed by atoms with van der Waals surface area (Å²) in [6.45, 7) is 0. The van der Waals surface area contributed by atoms with E-state index >= 15 is 0 Å². The summed E-state index contributed by atoms with van der Waals surface area (Å²) in [6.07, 6.45) is 0.102. The lowest BCUT2D eigenvalue weighted by Crippen LogP contribution is -2.42. The molecule has 2 N–H and O–H groups in total. The van der Waals surface area contributed by atoms with Gasteiger partial charge in [-0.15, -0.1) is 0 Å². The van der Waals surface area contributed by atoms with Crippen LogP contribution in [0.25, 0.3) is 21.5 Å². The SMILES string of the molecule is O=C(N[C@H](Cc1cc(Cl)ccc1Br)C(=O)O)c1c2ccccc2cc2ccccc12. The lowest BCUT2D eigenvalue weighted by atomic mass is 9.96. The van der Waals surface area contributed by atoms with Crippen molar-refractivity contribution in [2.45, 2.75) is 12.5 Å². The lowest BCUT2D eigenvalue weighted by molar-refractivity contribution is -0.139. The fourth-order valence-corrected chi connectivity index (χ4v) is 4.21. The zero-order chi connectivity index (χ0) is 21.3. The summed E-state index contributed by atoms with van der Waals surface area (Å²) in [5.74, 6) is -1.53. The third kappa shape index (κ3) is 4.04. The zero-order valence-electron chi connectivity index (χ0n) is 15.7. The van der Waals surface area contributed by atoms with Crippen LogP contribution >= 0.6 is 27.5 Å². The summed E-state index contributed by atoms with van der Waals surface area (Å²) in [4.78, 5) is 25.2. The fourth-order valence-electron chi connectivity index (χ4n) is 3.61. The molecule has 0 radical (unpaired) electrons. The van der Waals surface area contributed by atoms with Gasteiger partial charge < -0.3 is 10.4 Å². The third-order valence-corrected chi connectivity index (χ3v) is 6.04. The van der Waals surface area contributed by atoms with E-state index in [1.807, 2.05) is 54.6 Å². The molecule has 0 bridgehead atoms. The van der Waals surface area contributed by atoms with Crippen LogP contribution in [0.1, 0.15) is 15.9 Å². The molecule has 4 nitrogen and oxygen atoms in total. The smallest absolute Gasteiger partial charge is 0.326 e. The normalized spacial score (nSPS) is 12.1. The van der Waals surface area contributed by atoms with Gasteiger partial charge in [-0.3, -0.25) is 4.79 Å². The average Bonchev–Trinajstić information content (AvgIpc) is 2.73. The van der Waals surface area contributed by atoms with Gasteiger partial charge in [0.2, 0.25) is 0 Å². The number of halogens is 2. The maximum Gasteiger partial charge on any atom is 0.326 e. The van der Waals surface area contributed by atoms with E-state index in [0.29, 0.717) is 16.1 Å². The van der Waals surface area contributed by atoms with E-state index in [4.69, 9.17) is 11.6 Å². The third-order valence-electron chi connectivity index (χ3n) is 5.03. The Balaban J connectivity index is 1.75. The molecule has 0 aliphatic rings. The van der Waals surface area contributed by atoms with Gasteiger partial charge in [-0.25, -0.2) is 4.79 Å². The molecule has 1 atom stereocenters. The van der Waals surface area contributed by atoms with Crippen LogP contribution in [0, 0.1) is 0 Å². The number of rotatable bonds is 5.